The molecule has 0 aliphatic carbocycles. The topological polar surface area (TPSA) is 111 Å². The lowest BCUT2D eigenvalue weighted by Crippen LogP contribution is -2.50. The monoisotopic (exact) mass is 598 g/mol. The van der Waals surface area contributed by atoms with Gasteiger partial charge < -0.3 is 26.0 Å². The lowest BCUT2D eigenvalue weighted by Gasteiger charge is -2.34. The van der Waals surface area contributed by atoms with Crippen LogP contribution < -0.4 is 20.9 Å². The summed E-state index contributed by atoms with van der Waals surface area (Å²) in [6, 6.07) is 8.86. The minimum atomic E-state index is -5.74. The highest BCUT2D eigenvalue weighted by molar-refractivity contribution is 5.99. The summed E-state index contributed by atoms with van der Waals surface area (Å²) in [6.45, 7) is 5.11. The molecule has 2 aromatic carbocycles. The number of hydrogen-bond acceptors (Lipinski definition) is 4. The van der Waals surface area contributed by atoms with E-state index in [0.29, 0.717) is 31.5 Å². The van der Waals surface area contributed by atoms with Gasteiger partial charge in [-0.1, -0.05) is 29.8 Å². The molecular weight excluding hydrogens is 563 g/mol. The number of carbonyl (C=O) groups is 3. The highest BCUT2D eigenvalue weighted by Crippen LogP contribution is 2.34. The Hall–Kier alpha value is -3.90. The number of halogens is 5. The van der Waals surface area contributed by atoms with Crippen LogP contribution in [0.1, 0.15) is 45.5 Å². The average Bonchev–Trinajstić information content (AvgIpc) is 2.90. The van der Waals surface area contributed by atoms with E-state index in [0.717, 1.165) is 27.9 Å². The van der Waals surface area contributed by atoms with Crippen LogP contribution in [0.25, 0.3) is 0 Å². The molecule has 1 unspecified atom stereocenters. The quantitative estimate of drug-likeness (QED) is 0.295. The molecule has 3 rings (SSSR count). The number of carboxylic acids is 1. The van der Waals surface area contributed by atoms with Crippen LogP contribution in [-0.2, 0) is 11.2 Å². The fraction of sp³-hybridized carbons (Fsp3) is 0.483. The molecule has 0 bridgehead atoms. The molecule has 1 atom stereocenters. The summed E-state index contributed by atoms with van der Waals surface area (Å²) in [6.07, 6.45) is -4.33. The number of nitrogens with zero attached hydrogens (tertiary/aromatic N) is 1. The van der Waals surface area contributed by atoms with Crippen molar-refractivity contribution in [3.63, 3.8) is 0 Å². The summed E-state index contributed by atoms with van der Waals surface area (Å²) >= 11 is 0. The first-order valence-corrected chi connectivity index (χ1v) is 13.5. The molecule has 1 aliphatic rings. The number of piperidine rings is 1. The first-order chi connectivity index (χ1) is 19.6. The Morgan fingerprint density at radius 1 is 0.952 bits per heavy atom. The minimum absolute atomic E-state index is 0.0233. The number of aliphatic carboxylic acids is 1. The molecule has 0 radical (unpaired) electrons. The zero-order chi connectivity index (χ0) is 31.2. The molecule has 1 heterocycles. The third-order valence-corrected chi connectivity index (χ3v) is 7.30. The highest BCUT2D eigenvalue weighted by atomic mass is 19.4. The van der Waals surface area contributed by atoms with Crippen molar-refractivity contribution in [2.75, 3.05) is 31.1 Å². The Morgan fingerprint density at radius 3 is 2.05 bits per heavy atom. The van der Waals surface area contributed by atoms with Gasteiger partial charge in [0.25, 0.3) is 5.91 Å². The van der Waals surface area contributed by atoms with E-state index in [1.165, 1.54) is 0 Å². The molecule has 42 heavy (non-hydrogen) atoms. The second kappa shape index (κ2) is 13.4. The van der Waals surface area contributed by atoms with Crippen molar-refractivity contribution in [3.8, 4) is 0 Å². The molecule has 13 heteroatoms. The average molecular weight is 599 g/mol. The van der Waals surface area contributed by atoms with Crippen molar-refractivity contribution >= 4 is 23.6 Å². The maximum Gasteiger partial charge on any atom is 0.455 e. The van der Waals surface area contributed by atoms with Crippen molar-refractivity contribution in [1.82, 2.24) is 16.0 Å². The second-order valence-electron chi connectivity index (χ2n) is 10.7. The smallest absolute Gasteiger partial charge is 0.455 e. The number of alkyl halides is 5. The number of amides is 3. The van der Waals surface area contributed by atoms with Crippen molar-refractivity contribution < 1.29 is 41.4 Å². The van der Waals surface area contributed by atoms with Crippen LogP contribution in [0.3, 0.4) is 0 Å². The Balaban J connectivity index is 1.48. The van der Waals surface area contributed by atoms with Gasteiger partial charge in [-0.15, -0.1) is 0 Å². The van der Waals surface area contributed by atoms with E-state index in [2.05, 4.69) is 15.5 Å². The fourth-order valence-corrected chi connectivity index (χ4v) is 5.03. The van der Waals surface area contributed by atoms with Gasteiger partial charge in [-0.2, -0.15) is 22.0 Å². The number of nitrogens with one attached hydrogen (secondary N) is 3. The normalized spacial score (nSPS) is 15.2. The second-order valence-corrected chi connectivity index (χ2v) is 10.7. The summed E-state index contributed by atoms with van der Waals surface area (Å²) in [7, 11) is 0. The summed E-state index contributed by atoms with van der Waals surface area (Å²) < 4.78 is 62.6. The van der Waals surface area contributed by atoms with Crippen molar-refractivity contribution in [1.29, 1.82) is 0 Å². The summed E-state index contributed by atoms with van der Waals surface area (Å²) in [5.41, 5.74) is 4.64. The molecule has 0 saturated carbocycles. The van der Waals surface area contributed by atoms with Crippen LogP contribution in [0.5, 0.6) is 0 Å². The van der Waals surface area contributed by atoms with Gasteiger partial charge >= 0.3 is 24.1 Å². The number of hydrogen-bond donors (Lipinski definition) is 4. The van der Waals surface area contributed by atoms with Gasteiger partial charge in [-0.05, 0) is 68.4 Å². The largest absolute Gasteiger partial charge is 0.480 e. The fourth-order valence-electron chi connectivity index (χ4n) is 5.03. The van der Waals surface area contributed by atoms with Crippen molar-refractivity contribution in [2.24, 2.45) is 5.92 Å². The van der Waals surface area contributed by atoms with Crippen LogP contribution in [0.4, 0.5) is 32.4 Å². The van der Waals surface area contributed by atoms with Gasteiger partial charge in [0, 0.05) is 37.3 Å². The molecule has 0 aromatic heterocycles. The molecule has 230 valence electrons. The lowest BCUT2D eigenvalue weighted by atomic mass is 9.96. The van der Waals surface area contributed by atoms with Crippen LogP contribution >= 0.6 is 0 Å². The molecule has 4 N–H and O–H groups in total. The third kappa shape index (κ3) is 8.56. The van der Waals surface area contributed by atoms with Gasteiger partial charge in [0.15, 0.2) is 0 Å². The number of carboxylic acid groups (broad SMARTS) is 1. The predicted octanol–water partition coefficient (Wildman–Crippen LogP) is 4.75. The van der Waals surface area contributed by atoms with Crippen LogP contribution in [0.2, 0.25) is 0 Å². The number of carbonyl (C=O) groups excluding carboxylic acids is 2. The van der Waals surface area contributed by atoms with Crippen molar-refractivity contribution in [2.45, 2.75) is 58.2 Å². The number of aryl methyl sites for hydroxylation is 3. The van der Waals surface area contributed by atoms with E-state index in [1.54, 1.807) is 17.4 Å². The maximum atomic E-state index is 12.9. The number of benzene rings is 2. The Morgan fingerprint density at radius 2 is 1.52 bits per heavy atom. The summed E-state index contributed by atoms with van der Waals surface area (Å²) in [4.78, 5) is 38.6. The molecule has 1 saturated heterocycles. The van der Waals surface area contributed by atoms with Gasteiger partial charge in [-0.3, -0.25) is 4.79 Å². The molecular formula is C29H35F5N4O4. The number of urea groups is 1. The molecule has 1 aliphatic heterocycles. The first kappa shape index (κ1) is 32.6. The molecule has 1 fully saturated rings. The Labute approximate surface area is 240 Å². The van der Waals surface area contributed by atoms with Gasteiger partial charge in [0.2, 0.25) is 0 Å². The van der Waals surface area contributed by atoms with E-state index in [4.69, 9.17) is 0 Å². The standard InChI is InChI=1S/C29H35F5N4O4/c1-17-12-18(2)24(19(3)13-17)25(39)37-23(26(40)41)14-20-4-6-22(7-5-20)38-10-8-21(9-11-38)15-35-27(42)36-16-28(30,31)29(32,33)34/h4-7,12-13,21,23H,8-11,14-16H2,1-3H3,(H,37,39)(H,40,41)(H2,35,36,42). The maximum absolute atomic E-state index is 12.9. The number of rotatable bonds is 10. The Bertz CT molecular complexity index is 1250. The molecule has 0 spiro atoms. The molecule has 8 nitrogen and oxygen atoms in total. The SMILES string of the molecule is Cc1cc(C)c(C(=O)NC(Cc2ccc(N3CCC(CNC(=O)NCC(F)(F)C(F)(F)F)CC3)cc2)C(=O)O)c(C)c1. The van der Waals surface area contributed by atoms with E-state index in [9.17, 15) is 41.4 Å². The minimum Gasteiger partial charge on any atom is -0.480 e. The van der Waals surface area contributed by atoms with Crippen molar-refractivity contribution in [3.05, 3.63) is 64.2 Å². The van der Waals surface area contributed by atoms with E-state index >= 15 is 0 Å². The zero-order valence-corrected chi connectivity index (χ0v) is 23.6. The highest BCUT2D eigenvalue weighted by Gasteiger charge is 2.57. The van der Waals surface area contributed by atoms with Gasteiger partial charge in [0.05, 0.1) is 6.54 Å². The third-order valence-electron chi connectivity index (χ3n) is 7.30. The van der Waals surface area contributed by atoms with E-state index < -0.39 is 42.6 Å². The van der Waals surface area contributed by atoms with E-state index in [-0.39, 0.29) is 18.9 Å². The van der Waals surface area contributed by atoms with Crippen LogP contribution in [0.15, 0.2) is 36.4 Å². The van der Waals surface area contributed by atoms with Crippen LogP contribution in [0, 0.1) is 26.7 Å². The predicted molar refractivity (Wildman–Crippen MR) is 147 cm³/mol. The Kier molecular flexibility index (Phi) is 10.4. The summed E-state index contributed by atoms with van der Waals surface area (Å²) in [5, 5.41) is 16.3. The van der Waals surface area contributed by atoms with E-state index in [1.807, 2.05) is 45.0 Å². The molecule has 2 aromatic rings. The first-order valence-electron chi connectivity index (χ1n) is 13.5. The summed E-state index contributed by atoms with van der Waals surface area (Å²) in [5.74, 6) is -6.57. The lowest BCUT2D eigenvalue weighted by molar-refractivity contribution is -0.278. The number of anilines is 1. The van der Waals surface area contributed by atoms with Crippen LogP contribution in [-0.4, -0.2) is 67.3 Å². The van der Waals surface area contributed by atoms with Gasteiger partial charge in [-0.25, -0.2) is 9.59 Å². The zero-order valence-electron chi connectivity index (χ0n) is 23.6. The molecule has 3 amide bonds. The van der Waals surface area contributed by atoms with Gasteiger partial charge in [0.1, 0.15) is 6.04 Å².